The number of ether oxygens (including phenoxy) is 2. The quantitative estimate of drug-likeness (QED) is 0.895. The average Bonchev–Trinajstić information content (AvgIpc) is 2.52. The van der Waals surface area contributed by atoms with Crippen molar-refractivity contribution in [1.29, 1.82) is 0 Å². The lowest BCUT2D eigenvalue weighted by molar-refractivity contribution is -0.168. The highest BCUT2D eigenvalue weighted by Crippen LogP contribution is 2.50. The molecule has 0 aliphatic heterocycles. The van der Waals surface area contributed by atoms with E-state index in [1.807, 2.05) is 20.8 Å². The van der Waals surface area contributed by atoms with Crippen molar-refractivity contribution in [2.24, 2.45) is 11.1 Å². The fraction of sp³-hybridized carbons (Fsp3) is 0.588. The standard InChI is InChI=1S/C17H25ClN2O3/c1-6-23-14-10-17(19,16(14,2)3)15(21)20(4)11-7-8-13(22-5)12(18)9-11/h7-9,14H,6,10,19H2,1-5H3. The Balaban J connectivity index is 2.22. The summed E-state index contributed by atoms with van der Waals surface area (Å²) in [5, 5.41) is 0.454. The van der Waals surface area contributed by atoms with Crippen LogP contribution in [0.5, 0.6) is 5.75 Å². The fourth-order valence-corrected chi connectivity index (χ4v) is 3.33. The molecule has 0 aromatic heterocycles. The van der Waals surface area contributed by atoms with Gasteiger partial charge in [0.15, 0.2) is 0 Å². The summed E-state index contributed by atoms with van der Waals surface area (Å²) in [7, 11) is 3.26. The van der Waals surface area contributed by atoms with Gasteiger partial charge in [0.1, 0.15) is 11.3 Å². The van der Waals surface area contributed by atoms with Crippen molar-refractivity contribution >= 4 is 23.2 Å². The van der Waals surface area contributed by atoms with Gasteiger partial charge in [-0.25, -0.2) is 0 Å². The van der Waals surface area contributed by atoms with Crippen LogP contribution in [0.1, 0.15) is 27.2 Å². The first kappa shape index (κ1) is 18.0. The van der Waals surface area contributed by atoms with E-state index in [-0.39, 0.29) is 12.0 Å². The van der Waals surface area contributed by atoms with Crippen LogP contribution < -0.4 is 15.4 Å². The lowest BCUT2D eigenvalue weighted by Gasteiger charge is -2.58. The summed E-state index contributed by atoms with van der Waals surface area (Å²) in [6.07, 6.45) is 0.510. The monoisotopic (exact) mass is 340 g/mol. The van der Waals surface area contributed by atoms with Gasteiger partial charge in [0, 0.05) is 31.2 Å². The summed E-state index contributed by atoms with van der Waals surface area (Å²) in [6.45, 7) is 6.51. The molecule has 2 rings (SSSR count). The molecule has 5 nitrogen and oxygen atoms in total. The van der Waals surface area contributed by atoms with Gasteiger partial charge in [-0.3, -0.25) is 4.79 Å². The number of methoxy groups -OCH3 is 1. The molecule has 0 heterocycles. The van der Waals surface area contributed by atoms with E-state index < -0.39 is 11.0 Å². The summed E-state index contributed by atoms with van der Waals surface area (Å²) < 4.78 is 10.8. The maximum absolute atomic E-state index is 12.9. The maximum Gasteiger partial charge on any atom is 0.247 e. The molecule has 1 fully saturated rings. The summed E-state index contributed by atoms with van der Waals surface area (Å²) >= 11 is 6.15. The number of nitrogens with two attached hydrogens (primary N) is 1. The number of benzene rings is 1. The second kappa shape index (κ2) is 6.30. The first-order valence-electron chi connectivity index (χ1n) is 7.71. The van der Waals surface area contributed by atoms with Crippen molar-refractivity contribution in [2.45, 2.75) is 38.8 Å². The summed E-state index contributed by atoms with van der Waals surface area (Å²) in [5.74, 6) is 0.429. The molecule has 6 heteroatoms. The van der Waals surface area contributed by atoms with E-state index in [1.54, 1.807) is 37.3 Å². The Morgan fingerprint density at radius 1 is 1.48 bits per heavy atom. The van der Waals surface area contributed by atoms with Gasteiger partial charge < -0.3 is 20.1 Å². The molecule has 2 atom stereocenters. The highest BCUT2D eigenvalue weighted by Gasteiger charge is 2.63. The Morgan fingerprint density at radius 2 is 2.13 bits per heavy atom. The molecule has 2 unspecified atom stereocenters. The van der Waals surface area contributed by atoms with Crippen LogP contribution in [0.3, 0.4) is 0 Å². The number of carbonyl (C=O) groups is 1. The van der Waals surface area contributed by atoms with E-state index in [2.05, 4.69) is 0 Å². The number of amides is 1. The molecule has 1 saturated carbocycles. The fourth-order valence-electron chi connectivity index (χ4n) is 3.08. The molecule has 0 saturated heterocycles. The van der Waals surface area contributed by atoms with Crippen LogP contribution >= 0.6 is 11.6 Å². The average molecular weight is 341 g/mol. The van der Waals surface area contributed by atoms with Crippen LogP contribution in [0.15, 0.2) is 18.2 Å². The smallest absolute Gasteiger partial charge is 0.247 e. The number of anilines is 1. The van der Waals surface area contributed by atoms with Gasteiger partial charge in [0.25, 0.3) is 0 Å². The first-order valence-corrected chi connectivity index (χ1v) is 8.09. The third-order valence-electron chi connectivity index (χ3n) is 5.04. The van der Waals surface area contributed by atoms with Crippen LogP contribution in [-0.4, -0.2) is 38.3 Å². The van der Waals surface area contributed by atoms with E-state index in [1.165, 1.54) is 0 Å². The highest BCUT2D eigenvalue weighted by molar-refractivity contribution is 6.32. The van der Waals surface area contributed by atoms with Crippen LogP contribution in [0, 0.1) is 5.41 Å². The summed E-state index contributed by atoms with van der Waals surface area (Å²) in [4.78, 5) is 14.5. The molecule has 1 aliphatic rings. The molecule has 0 spiro atoms. The minimum absolute atomic E-state index is 0.00527. The number of likely N-dealkylation sites (N-methyl/N-ethyl adjacent to an activating group) is 1. The SMILES string of the molecule is CCOC1CC(N)(C(=O)N(C)c2ccc(OC)c(Cl)c2)C1(C)C. The molecule has 128 valence electrons. The van der Waals surface area contributed by atoms with Crippen molar-refractivity contribution in [3.05, 3.63) is 23.2 Å². The van der Waals surface area contributed by atoms with Crippen LogP contribution in [0.2, 0.25) is 5.02 Å². The van der Waals surface area contributed by atoms with Gasteiger partial charge in [0.2, 0.25) is 5.91 Å². The Bertz CT molecular complexity index is 606. The van der Waals surface area contributed by atoms with Crippen molar-refractivity contribution < 1.29 is 14.3 Å². The predicted octanol–water partition coefficient (Wildman–Crippen LogP) is 2.84. The van der Waals surface area contributed by atoms with Gasteiger partial charge in [0.05, 0.1) is 18.2 Å². The minimum Gasteiger partial charge on any atom is -0.495 e. The Labute approximate surface area is 142 Å². The molecule has 1 amide bonds. The van der Waals surface area contributed by atoms with Gasteiger partial charge in [-0.15, -0.1) is 0 Å². The second-order valence-corrected chi connectivity index (χ2v) is 6.93. The van der Waals surface area contributed by atoms with Gasteiger partial charge in [-0.1, -0.05) is 25.4 Å². The minimum atomic E-state index is -0.950. The van der Waals surface area contributed by atoms with Crippen LogP contribution in [0.4, 0.5) is 5.69 Å². The molecule has 0 bridgehead atoms. The molecule has 1 aromatic carbocycles. The van der Waals surface area contributed by atoms with Crippen molar-refractivity contribution in [2.75, 3.05) is 25.7 Å². The van der Waals surface area contributed by atoms with Gasteiger partial charge >= 0.3 is 0 Å². The Morgan fingerprint density at radius 3 is 2.61 bits per heavy atom. The molecule has 1 aromatic rings. The van der Waals surface area contributed by atoms with E-state index in [4.69, 9.17) is 26.8 Å². The third kappa shape index (κ3) is 2.82. The Kier molecular flexibility index (Phi) is 4.95. The van der Waals surface area contributed by atoms with Crippen LogP contribution in [0.25, 0.3) is 0 Å². The molecular weight excluding hydrogens is 316 g/mol. The molecular formula is C17H25ClN2O3. The van der Waals surface area contributed by atoms with Crippen LogP contribution in [-0.2, 0) is 9.53 Å². The number of rotatable bonds is 5. The summed E-state index contributed by atoms with van der Waals surface area (Å²) in [5.41, 5.74) is 5.75. The molecule has 2 N–H and O–H groups in total. The number of halogens is 1. The molecule has 23 heavy (non-hydrogen) atoms. The van der Waals surface area contributed by atoms with Gasteiger partial charge in [-0.2, -0.15) is 0 Å². The number of nitrogens with zero attached hydrogens (tertiary/aromatic N) is 1. The zero-order chi connectivity index (χ0) is 17.4. The first-order chi connectivity index (χ1) is 10.7. The van der Waals surface area contributed by atoms with Gasteiger partial charge in [-0.05, 0) is 25.1 Å². The largest absolute Gasteiger partial charge is 0.495 e. The predicted molar refractivity (Wildman–Crippen MR) is 92.1 cm³/mol. The van der Waals surface area contributed by atoms with Crippen molar-refractivity contribution in [3.8, 4) is 5.75 Å². The zero-order valence-corrected chi connectivity index (χ0v) is 15.1. The van der Waals surface area contributed by atoms with Crippen molar-refractivity contribution in [1.82, 2.24) is 0 Å². The van der Waals surface area contributed by atoms with Crippen molar-refractivity contribution in [3.63, 3.8) is 0 Å². The van der Waals surface area contributed by atoms with E-state index >= 15 is 0 Å². The topological polar surface area (TPSA) is 64.8 Å². The Hall–Kier alpha value is -1.30. The van der Waals surface area contributed by atoms with E-state index in [9.17, 15) is 4.79 Å². The normalized spacial score (nSPS) is 25.6. The summed E-state index contributed by atoms with van der Waals surface area (Å²) in [6, 6.07) is 5.23. The lowest BCUT2D eigenvalue weighted by Crippen LogP contribution is -2.75. The number of hydrogen-bond acceptors (Lipinski definition) is 4. The highest BCUT2D eigenvalue weighted by atomic mass is 35.5. The number of carbonyl (C=O) groups excluding carboxylic acids is 1. The molecule has 1 aliphatic carbocycles. The maximum atomic E-state index is 12.9. The second-order valence-electron chi connectivity index (χ2n) is 6.52. The van der Waals surface area contributed by atoms with E-state index in [0.717, 1.165) is 0 Å². The molecule has 0 radical (unpaired) electrons. The van der Waals surface area contributed by atoms with E-state index in [0.29, 0.717) is 29.5 Å². The number of hydrogen-bond donors (Lipinski definition) is 1. The lowest BCUT2D eigenvalue weighted by atomic mass is 9.54. The zero-order valence-electron chi connectivity index (χ0n) is 14.4. The third-order valence-corrected chi connectivity index (χ3v) is 5.33.